The van der Waals surface area contributed by atoms with Crippen LogP contribution < -0.4 is 10.2 Å². The summed E-state index contributed by atoms with van der Waals surface area (Å²) >= 11 is 1.82. The number of hydrogen-bond donors (Lipinski definition) is 1. The van der Waals surface area contributed by atoms with Gasteiger partial charge in [-0.15, -0.1) is 0 Å². The molecule has 1 saturated carbocycles. The second-order valence-electron chi connectivity index (χ2n) is 6.60. The van der Waals surface area contributed by atoms with E-state index in [2.05, 4.69) is 34.0 Å². The largest absolute Gasteiger partial charge is 0.369 e. The predicted molar refractivity (Wildman–Crippen MR) is 88.7 cm³/mol. The molecule has 1 saturated heterocycles. The Kier molecular flexibility index (Phi) is 5.00. The molecule has 20 heavy (non-hydrogen) atoms. The van der Waals surface area contributed by atoms with Gasteiger partial charge >= 0.3 is 0 Å². The Morgan fingerprint density at radius 1 is 1.20 bits per heavy atom. The third-order valence-electron chi connectivity index (χ3n) is 5.06. The third-order valence-corrected chi connectivity index (χ3v) is 5.73. The summed E-state index contributed by atoms with van der Waals surface area (Å²) in [6.45, 7) is 4.79. The second-order valence-corrected chi connectivity index (χ2v) is 7.38. The third kappa shape index (κ3) is 3.56. The van der Waals surface area contributed by atoms with Crippen molar-refractivity contribution in [3.63, 3.8) is 0 Å². The van der Waals surface area contributed by atoms with Gasteiger partial charge in [-0.05, 0) is 36.6 Å². The maximum atomic E-state index is 3.98. The monoisotopic (exact) mass is 292 g/mol. The molecule has 0 radical (unpaired) electrons. The zero-order valence-electron chi connectivity index (χ0n) is 12.7. The number of thiophene rings is 1. The number of nitrogens with zero attached hydrogens (tertiary/aromatic N) is 1. The van der Waals surface area contributed by atoms with Gasteiger partial charge < -0.3 is 10.2 Å². The van der Waals surface area contributed by atoms with Crippen LogP contribution in [0.4, 0.5) is 5.69 Å². The maximum Gasteiger partial charge on any atom is 0.0475 e. The molecule has 0 aromatic carbocycles. The van der Waals surface area contributed by atoms with Gasteiger partial charge in [0.1, 0.15) is 0 Å². The number of anilines is 1. The molecule has 3 rings (SSSR count). The fraction of sp³-hybridized carbons (Fsp3) is 0.765. The van der Waals surface area contributed by atoms with E-state index in [-0.39, 0.29) is 0 Å². The molecule has 1 aliphatic carbocycles. The minimum atomic E-state index is 0.691. The van der Waals surface area contributed by atoms with Crippen LogP contribution in [-0.2, 0) is 0 Å². The van der Waals surface area contributed by atoms with Crippen molar-refractivity contribution in [2.75, 3.05) is 18.0 Å². The molecular formula is C17H28N2S. The molecule has 0 amide bonds. The van der Waals surface area contributed by atoms with Gasteiger partial charge in [0.15, 0.2) is 0 Å². The average molecular weight is 292 g/mol. The highest BCUT2D eigenvalue weighted by molar-refractivity contribution is 7.08. The van der Waals surface area contributed by atoms with E-state index < -0.39 is 0 Å². The van der Waals surface area contributed by atoms with Crippen molar-refractivity contribution in [3.8, 4) is 0 Å². The Hall–Kier alpha value is -0.540. The SMILES string of the molecule is CCC1CC(NC2CCCCC2)CN(c2ccsc2)C1. The summed E-state index contributed by atoms with van der Waals surface area (Å²) in [4.78, 5) is 2.61. The summed E-state index contributed by atoms with van der Waals surface area (Å²) in [6.07, 6.45) is 9.77. The van der Waals surface area contributed by atoms with Gasteiger partial charge in [0.25, 0.3) is 0 Å². The van der Waals surface area contributed by atoms with E-state index in [0.29, 0.717) is 6.04 Å². The molecule has 2 nitrogen and oxygen atoms in total. The van der Waals surface area contributed by atoms with E-state index in [1.54, 1.807) is 0 Å². The number of nitrogens with one attached hydrogen (secondary N) is 1. The number of hydrogen-bond acceptors (Lipinski definition) is 3. The zero-order valence-corrected chi connectivity index (χ0v) is 13.5. The first-order chi connectivity index (χ1) is 9.85. The van der Waals surface area contributed by atoms with E-state index in [9.17, 15) is 0 Å². The molecule has 2 atom stereocenters. The van der Waals surface area contributed by atoms with Crippen molar-refractivity contribution in [1.29, 1.82) is 0 Å². The molecule has 1 aliphatic heterocycles. The first-order valence-electron chi connectivity index (χ1n) is 8.38. The topological polar surface area (TPSA) is 15.3 Å². The molecule has 2 heterocycles. The van der Waals surface area contributed by atoms with E-state index in [0.717, 1.165) is 12.0 Å². The van der Waals surface area contributed by atoms with Gasteiger partial charge in [0.05, 0.1) is 0 Å². The lowest BCUT2D eigenvalue weighted by molar-refractivity contribution is 0.273. The Bertz CT molecular complexity index is 384. The first kappa shape index (κ1) is 14.4. The highest BCUT2D eigenvalue weighted by atomic mass is 32.1. The van der Waals surface area contributed by atoms with Crippen molar-refractivity contribution >= 4 is 17.0 Å². The smallest absolute Gasteiger partial charge is 0.0475 e. The summed E-state index contributed by atoms with van der Waals surface area (Å²) < 4.78 is 0. The van der Waals surface area contributed by atoms with Crippen LogP contribution in [-0.4, -0.2) is 25.2 Å². The maximum absolute atomic E-state index is 3.98. The van der Waals surface area contributed by atoms with Gasteiger partial charge in [0, 0.05) is 36.2 Å². The highest BCUT2D eigenvalue weighted by Crippen LogP contribution is 2.28. The van der Waals surface area contributed by atoms with Crippen LogP contribution in [0, 0.1) is 5.92 Å². The van der Waals surface area contributed by atoms with Crippen molar-refractivity contribution in [1.82, 2.24) is 5.32 Å². The average Bonchev–Trinajstić information content (AvgIpc) is 3.02. The Labute approximate surface area is 127 Å². The lowest BCUT2D eigenvalue weighted by atomic mass is 9.89. The molecule has 1 aromatic rings. The van der Waals surface area contributed by atoms with Crippen molar-refractivity contribution in [2.45, 2.75) is 64.0 Å². The standard InChI is InChI=1S/C17H28N2S/c1-2-14-10-16(18-15-6-4-3-5-7-15)12-19(11-14)17-8-9-20-13-17/h8-9,13-16,18H,2-7,10-12H2,1H3. The van der Waals surface area contributed by atoms with E-state index >= 15 is 0 Å². The zero-order chi connectivity index (χ0) is 13.8. The minimum absolute atomic E-state index is 0.691. The van der Waals surface area contributed by atoms with Gasteiger partial charge in [-0.2, -0.15) is 11.3 Å². The molecule has 2 unspecified atom stereocenters. The summed E-state index contributed by atoms with van der Waals surface area (Å²) in [5.74, 6) is 0.852. The van der Waals surface area contributed by atoms with Crippen LogP contribution in [0.1, 0.15) is 51.9 Å². The molecule has 112 valence electrons. The van der Waals surface area contributed by atoms with Crippen molar-refractivity contribution in [2.24, 2.45) is 5.92 Å². The summed E-state index contributed by atoms with van der Waals surface area (Å²) in [5, 5.41) is 8.48. The second kappa shape index (κ2) is 6.95. The Morgan fingerprint density at radius 3 is 2.75 bits per heavy atom. The van der Waals surface area contributed by atoms with Crippen LogP contribution >= 0.6 is 11.3 Å². The lowest BCUT2D eigenvalue weighted by Crippen LogP contribution is -2.52. The number of rotatable bonds is 4. The van der Waals surface area contributed by atoms with Crippen molar-refractivity contribution in [3.05, 3.63) is 16.8 Å². The quantitative estimate of drug-likeness (QED) is 0.891. The lowest BCUT2D eigenvalue weighted by Gasteiger charge is -2.41. The normalized spacial score (nSPS) is 28.8. The summed E-state index contributed by atoms with van der Waals surface area (Å²) in [5.41, 5.74) is 1.43. The molecule has 1 aromatic heterocycles. The van der Waals surface area contributed by atoms with Crippen molar-refractivity contribution < 1.29 is 0 Å². The first-order valence-corrected chi connectivity index (χ1v) is 9.32. The molecular weight excluding hydrogens is 264 g/mol. The molecule has 2 aliphatic rings. The molecule has 0 spiro atoms. The molecule has 0 bridgehead atoms. The van der Waals surface area contributed by atoms with Gasteiger partial charge in [-0.25, -0.2) is 0 Å². The van der Waals surface area contributed by atoms with Crippen LogP contribution in [0.3, 0.4) is 0 Å². The summed E-state index contributed by atoms with van der Waals surface area (Å²) in [7, 11) is 0. The van der Waals surface area contributed by atoms with E-state index in [1.165, 1.54) is 63.7 Å². The summed E-state index contributed by atoms with van der Waals surface area (Å²) in [6, 6.07) is 3.76. The fourth-order valence-electron chi connectivity index (χ4n) is 3.87. The highest BCUT2D eigenvalue weighted by Gasteiger charge is 2.28. The molecule has 1 N–H and O–H groups in total. The van der Waals surface area contributed by atoms with E-state index in [1.807, 2.05) is 11.3 Å². The van der Waals surface area contributed by atoms with Gasteiger partial charge in [0.2, 0.25) is 0 Å². The van der Waals surface area contributed by atoms with Gasteiger partial charge in [-0.1, -0.05) is 32.6 Å². The van der Waals surface area contributed by atoms with Gasteiger partial charge in [-0.3, -0.25) is 0 Å². The predicted octanol–water partition coefficient (Wildman–Crippen LogP) is 4.28. The Morgan fingerprint density at radius 2 is 2.05 bits per heavy atom. The van der Waals surface area contributed by atoms with Crippen LogP contribution in [0.25, 0.3) is 0 Å². The van der Waals surface area contributed by atoms with E-state index in [4.69, 9.17) is 0 Å². The Balaban J connectivity index is 1.61. The van der Waals surface area contributed by atoms with Crippen LogP contribution in [0.5, 0.6) is 0 Å². The number of piperidine rings is 1. The van der Waals surface area contributed by atoms with Crippen LogP contribution in [0.2, 0.25) is 0 Å². The van der Waals surface area contributed by atoms with Crippen LogP contribution in [0.15, 0.2) is 16.8 Å². The minimum Gasteiger partial charge on any atom is -0.369 e. The molecule has 2 fully saturated rings. The fourth-order valence-corrected chi connectivity index (χ4v) is 4.53. The molecule has 3 heteroatoms.